The molecule has 112 valence electrons. The smallest absolute Gasteiger partial charge is 0.226 e. The highest BCUT2D eigenvalue weighted by atomic mass is 32.1. The molecule has 0 aliphatic carbocycles. The predicted molar refractivity (Wildman–Crippen MR) is 86.1 cm³/mol. The zero-order valence-corrected chi connectivity index (χ0v) is 13.4. The topological polar surface area (TPSA) is 51.2 Å². The van der Waals surface area contributed by atoms with Crippen molar-refractivity contribution in [3.05, 3.63) is 40.4 Å². The molecule has 4 nitrogen and oxygen atoms in total. The summed E-state index contributed by atoms with van der Waals surface area (Å²) in [7, 11) is 0. The first kappa shape index (κ1) is 15.5. The van der Waals surface area contributed by atoms with Gasteiger partial charge in [-0.25, -0.2) is 4.98 Å². The van der Waals surface area contributed by atoms with Gasteiger partial charge in [-0.15, -0.1) is 11.3 Å². The molecule has 1 heterocycles. The summed E-state index contributed by atoms with van der Waals surface area (Å²) in [5, 5.41) is 3.50. The van der Waals surface area contributed by atoms with Crippen molar-refractivity contribution in [3.8, 4) is 5.75 Å². The summed E-state index contributed by atoms with van der Waals surface area (Å²) in [6.07, 6.45) is 1.12. The number of aryl methyl sites for hydroxylation is 3. The van der Waals surface area contributed by atoms with Crippen molar-refractivity contribution in [2.45, 2.75) is 33.6 Å². The molecule has 5 heteroatoms. The minimum Gasteiger partial charge on any atom is -0.494 e. The summed E-state index contributed by atoms with van der Waals surface area (Å²) in [6.45, 7) is 6.51. The second-order valence-corrected chi connectivity index (χ2v) is 6.18. The van der Waals surface area contributed by atoms with Crippen LogP contribution in [0.2, 0.25) is 0 Å². The molecule has 0 aliphatic heterocycles. The van der Waals surface area contributed by atoms with E-state index in [2.05, 4.69) is 10.3 Å². The molecule has 0 bridgehead atoms. The molecule has 0 aliphatic rings. The van der Waals surface area contributed by atoms with Crippen LogP contribution >= 0.6 is 11.3 Å². The highest BCUT2D eigenvalue weighted by Crippen LogP contribution is 2.21. The van der Waals surface area contributed by atoms with E-state index in [9.17, 15) is 4.79 Å². The first-order valence-corrected chi connectivity index (χ1v) is 7.79. The zero-order chi connectivity index (χ0) is 15.2. The number of nitrogens with zero attached hydrogens (tertiary/aromatic N) is 1. The Morgan fingerprint density at radius 2 is 1.95 bits per heavy atom. The second kappa shape index (κ2) is 7.22. The molecule has 0 radical (unpaired) electrons. The van der Waals surface area contributed by atoms with Gasteiger partial charge in [0.2, 0.25) is 5.91 Å². The maximum absolute atomic E-state index is 11.8. The number of rotatable bonds is 6. The lowest BCUT2D eigenvalue weighted by Crippen LogP contribution is -2.12. The lowest BCUT2D eigenvalue weighted by atomic mass is 10.2. The summed E-state index contributed by atoms with van der Waals surface area (Å²) in [6, 6.07) is 7.90. The average molecular weight is 304 g/mol. The molecule has 0 atom stereocenters. The van der Waals surface area contributed by atoms with Crippen LogP contribution in [0.3, 0.4) is 0 Å². The molecule has 2 rings (SSSR count). The number of hydrogen-bond acceptors (Lipinski definition) is 4. The van der Waals surface area contributed by atoms with E-state index in [1.807, 2.05) is 45.0 Å². The van der Waals surface area contributed by atoms with Gasteiger partial charge in [0.1, 0.15) is 5.75 Å². The minimum atomic E-state index is -0.0174. The van der Waals surface area contributed by atoms with Crippen molar-refractivity contribution >= 4 is 22.4 Å². The molecule has 2 aromatic rings. The van der Waals surface area contributed by atoms with Crippen LogP contribution in [0.4, 0.5) is 5.13 Å². The van der Waals surface area contributed by atoms with Crippen molar-refractivity contribution in [1.82, 2.24) is 4.98 Å². The fourth-order valence-corrected chi connectivity index (χ4v) is 2.60. The van der Waals surface area contributed by atoms with Gasteiger partial charge in [-0.05, 0) is 39.3 Å². The molecule has 0 saturated heterocycles. The van der Waals surface area contributed by atoms with Crippen molar-refractivity contribution < 1.29 is 9.53 Å². The van der Waals surface area contributed by atoms with E-state index in [0.29, 0.717) is 24.6 Å². The Bertz CT molecular complexity index is 586. The van der Waals surface area contributed by atoms with E-state index in [-0.39, 0.29) is 5.91 Å². The lowest BCUT2D eigenvalue weighted by Gasteiger charge is -2.06. The summed E-state index contributed by atoms with van der Waals surface area (Å²) in [5.74, 6) is 0.823. The number of ether oxygens (including phenoxy) is 1. The van der Waals surface area contributed by atoms with Crippen LogP contribution in [0.5, 0.6) is 5.75 Å². The Labute approximate surface area is 129 Å². The van der Waals surface area contributed by atoms with Gasteiger partial charge in [0.25, 0.3) is 0 Å². The number of carbonyl (C=O) groups is 1. The predicted octanol–water partition coefficient (Wildman–Crippen LogP) is 3.87. The monoisotopic (exact) mass is 304 g/mol. The summed E-state index contributed by atoms with van der Waals surface area (Å²) >= 11 is 1.51. The molecule has 0 spiro atoms. The van der Waals surface area contributed by atoms with Crippen molar-refractivity contribution in [1.29, 1.82) is 0 Å². The number of nitrogens with one attached hydrogen (secondary N) is 1. The molecule has 0 fully saturated rings. The normalized spacial score (nSPS) is 10.4. The third-order valence-electron chi connectivity index (χ3n) is 3.11. The SMILES string of the molecule is Cc1ccc(OCCCC(=O)Nc2nc(C)c(C)s2)cc1. The lowest BCUT2D eigenvalue weighted by molar-refractivity contribution is -0.116. The molecular formula is C16H20N2O2S. The molecule has 0 unspecified atom stereocenters. The summed E-state index contributed by atoms with van der Waals surface area (Å²) in [5.41, 5.74) is 2.17. The maximum atomic E-state index is 11.8. The van der Waals surface area contributed by atoms with Crippen LogP contribution in [0, 0.1) is 20.8 Å². The third-order valence-corrected chi connectivity index (χ3v) is 4.10. The Balaban J connectivity index is 1.68. The van der Waals surface area contributed by atoms with Gasteiger partial charge in [-0.3, -0.25) is 4.79 Å². The molecular weight excluding hydrogens is 284 g/mol. The van der Waals surface area contributed by atoms with E-state index in [1.54, 1.807) is 0 Å². The van der Waals surface area contributed by atoms with Gasteiger partial charge in [-0.1, -0.05) is 17.7 Å². The Morgan fingerprint density at radius 1 is 1.24 bits per heavy atom. The van der Waals surface area contributed by atoms with Gasteiger partial charge in [0.15, 0.2) is 5.13 Å². The van der Waals surface area contributed by atoms with E-state index in [4.69, 9.17) is 4.74 Å². The zero-order valence-electron chi connectivity index (χ0n) is 12.6. The van der Waals surface area contributed by atoms with E-state index in [1.165, 1.54) is 16.9 Å². The van der Waals surface area contributed by atoms with Crippen molar-refractivity contribution in [2.24, 2.45) is 0 Å². The van der Waals surface area contributed by atoms with Gasteiger partial charge in [0.05, 0.1) is 12.3 Å². The van der Waals surface area contributed by atoms with Crippen molar-refractivity contribution in [2.75, 3.05) is 11.9 Å². The second-order valence-electron chi connectivity index (χ2n) is 4.97. The summed E-state index contributed by atoms with van der Waals surface area (Å²) < 4.78 is 5.59. The standard InChI is InChI=1S/C16H20N2O2S/c1-11-6-8-14(9-7-11)20-10-4-5-15(19)18-16-17-12(2)13(3)21-16/h6-9H,4-5,10H2,1-3H3,(H,17,18,19). The van der Waals surface area contributed by atoms with Gasteiger partial charge < -0.3 is 10.1 Å². The van der Waals surface area contributed by atoms with Crippen LogP contribution in [0.25, 0.3) is 0 Å². The third kappa shape index (κ3) is 4.86. The molecule has 1 aromatic heterocycles. The molecule has 1 N–H and O–H groups in total. The molecule has 1 amide bonds. The number of aromatic nitrogens is 1. The van der Waals surface area contributed by atoms with E-state index in [0.717, 1.165) is 16.3 Å². The maximum Gasteiger partial charge on any atom is 0.226 e. The minimum absolute atomic E-state index is 0.0174. The highest BCUT2D eigenvalue weighted by molar-refractivity contribution is 7.15. The van der Waals surface area contributed by atoms with Crippen LogP contribution in [-0.4, -0.2) is 17.5 Å². The van der Waals surface area contributed by atoms with Crippen molar-refractivity contribution in [3.63, 3.8) is 0 Å². The number of thiazole rings is 1. The Morgan fingerprint density at radius 3 is 2.57 bits per heavy atom. The Hall–Kier alpha value is -1.88. The molecule has 1 aromatic carbocycles. The molecule has 0 saturated carbocycles. The Kier molecular flexibility index (Phi) is 5.33. The largest absolute Gasteiger partial charge is 0.494 e. The average Bonchev–Trinajstić information content (AvgIpc) is 2.75. The number of amides is 1. The van der Waals surface area contributed by atoms with E-state index < -0.39 is 0 Å². The van der Waals surface area contributed by atoms with Gasteiger partial charge in [-0.2, -0.15) is 0 Å². The van der Waals surface area contributed by atoms with Crippen LogP contribution in [0.1, 0.15) is 29.0 Å². The summed E-state index contributed by atoms with van der Waals surface area (Å²) in [4.78, 5) is 17.2. The quantitative estimate of drug-likeness (QED) is 0.824. The highest BCUT2D eigenvalue weighted by Gasteiger charge is 2.07. The van der Waals surface area contributed by atoms with E-state index >= 15 is 0 Å². The van der Waals surface area contributed by atoms with Crippen LogP contribution < -0.4 is 10.1 Å². The van der Waals surface area contributed by atoms with Gasteiger partial charge >= 0.3 is 0 Å². The van der Waals surface area contributed by atoms with Gasteiger partial charge in [0, 0.05) is 11.3 Å². The van der Waals surface area contributed by atoms with Crippen LogP contribution in [0.15, 0.2) is 24.3 Å². The number of hydrogen-bond donors (Lipinski definition) is 1. The van der Waals surface area contributed by atoms with Crippen LogP contribution in [-0.2, 0) is 4.79 Å². The first-order chi connectivity index (χ1) is 10.0. The fourth-order valence-electron chi connectivity index (χ4n) is 1.77. The fraction of sp³-hybridized carbons (Fsp3) is 0.375. The number of anilines is 1. The number of benzene rings is 1. The first-order valence-electron chi connectivity index (χ1n) is 6.98. The number of carbonyl (C=O) groups excluding carboxylic acids is 1. The molecule has 21 heavy (non-hydrogen) atoms.